The number of piperazine rings is 1. The van der Waals surface area contributed by atoms with Gasteiger partial charge in [-0.15, -0.1) is 0 Å². The van der Waals surface area contributed by atoms with Gasteiger partial charge in [-0.25, -0.2) is 4.98 Å². The van der Waals surface area contributed by atoms with E-state index in [-0.39, 0.29) is 24.9 Å². The Kier molecular flexibility index (Phi) is 7.66. The van der Waals surface area contributed by atoms with Crippen LogP contribution in [-0.2, 0) is 21.2 Å². The van der Waals surface area contributed by atoms with Crippen LogP contribution in [0.4, 0.5) is 19.0 Å². The van der Waals surface area contributed by atoms with Gasteiger partial charge in [0, 0.05) is 64.5 Å². The highest BCUT2D eigenvalue weighted by Crippen LogP contribution is 2.30. The molecule has 0 bridgehead atoms. The van der Waals surface area contributed by atoms with Crippen LogP contribution in [0.25, 0.3) is 0 Å². The van der Waals surface area contributed by atoms with Crippen molar-refractivity contribution in [3.63, 3.8) is 0 Å². The number of hydrogen-bond donors (Lipinski definition) is 0. The fourth-order valence-corrected chi connectivity index (χ4v) is 5.81. The summed E-state index contributed by atoms with van der Waals surface area (Å²) in [4.78, 5) is 20.5. The van der Waals surface area contributed by atoms with Crippen molar-refractivity contribution in [2.75, 3.05) is 57.3 Å². The number of carbonyl (C=O) groups is 1. The van der Waals surface area contributed by atoms with Gasteiger partial charge in [0.05, 0.1) is 5.56 Å². The Labute approximate surface area is 187 Å². The molecule has 1 aromatic heterocycles. The molecule has 0 radical (unpaired) electrons. The number of pyridine rings is 1. The summed E-state index contributed by atoms with van der Waals surface area (Å²) in [5.41, 5.74) is -0.784. The molecule has 0 spiro atoms. The van der Waals surface area contributed by atoms with Crippen molar-refractivity contribution >= 4 is 21.9 Å². The SMILES string of the molecule is CCN(CC)S(=O)(=O)N1CCN(C(=O)C2CCN(c3ccc(C(F)(F)F)cn3)CC2)CC1. The minimum Gasteiger partial charge on any atom is -0.357 e. The van der Waals surface area contributed by atoms with Crippen LogP contribution in [-0.4, -0.2) is 85.2 Å². The molecule has 0 aromatic carbocycles. The van der Waals surface area contributed by atoms with E-state index in [2.05, 4.69) is 4.98 Å². The molecule has 32 heavy (non-hydrogen) atoms. The number of halogens is 3. The Hall–Kier alpha value is -1.92. The topological polar surface area (TPSA) is 77.1 Å². The average Bonchev–Trinajstić information content (AvgIpc) is 2.79. The summed E-state index contributed by atoms with van der Waals surface area (Å²) in [6.07, 6.45) is -2.42. The average molecular weight is 478 g/mol. The van der Waals surface area contributed by atoms with E-state index in [1.807, 2.05) is 4.90 Å². The highest BCUT2D eigenvalue weighted by molar-refractivity contribution is 7.86. The van der Waals surface area contributed by atoms with Gasteiger partial charge >= 0.3 is 6.18 Å². The number of alkyl halides is 3. The maximum absolute atomic E-state index is 12.9. The number of nitrogens with zero attached hydrogens (tertiary/aromatic N) is 5. The van der Waals surface area contributed by atoms with Crippen molar-refractivity contribution in [2.45, 2.75) is 32.9 Å². The first-order valence-corrected chi connectivity index (χ1v) is 12.3. The predicted molar refractivity (Wildman–Crippen MR) is 114 cm³/mol. The molecule has 2 aliphatic rings. The van der Waals surface area contributed by atoms with Crippen molar-refractivity contribution in [2.24, 2.45) is 5.92 Å². The van der Waals surface area contributed by atoms with E-state index in [1.54, 1.807) is 18.7 Å². The van der Waals surface area contributed by atoms with Gasteiger partial charge in [-0.05, 0) is 25.0 Å². The molecule has 3 heterocycles. The van der Waals surface area contributed by atoms with Gasteiger partial charge in [0.25, 0.3) is 10.2 Å². The zero-order valence-corrected chi connectivity index (χ0v) is 19.2. The number of rotatable bonds is 6. The first-order chi connectivity index (χ1) is 15.1. The first kappa shape index (κ1) is 24.7. The summed E-state index contributed by atoms with van der Waals surface area (Å²) < 4.78 is 66.3. The molecule has 12 heteroatoms. The summed E-state index contributed by atoms with van der Waals surface area (Å²) in [5, 5.41) is 0. The Balaban J connectivity index is 1.51. The smallest absolute Gasteiger partial charge is 0.357 e. The molecule has 3 rings (SSSR count). The van der Waals surface area contributed by atoms with E-state index in [9.17, 15) is 26.4 Å². The van der Waals surface area contributed by atoms with Gasteiger partial charge in [0.2, 0.25) is 5.91 Å². The molecule has 1 aromatic rings. The molecule has 180 valence electrons. The Bertz CT molecular complexity index is 875. The second kappa shape index (κ2) is 9.92. The predicted octanol–water partition coefficient (Wildman–Crippen LogP) is 2.05. The molecule has 0 aliphatic carbocycles. The minimum atomic E-state index is -4.42. The van der Waals surface area contributed by atoms with E-state index in [1.165, 1.54) is 14.7 Å². The van der Waals surface area contributed by atoms with Gasteiger partial charge < -0.3 is 9.80 Å². The van der Waals surface area contributed by atoms with E-state index >= 15 is 0 Å². The van der Waals surface area contributed by atoms with Gasteiger partial charge in [0.1, 0.15) is 5.82 Å². The second-order valence-corrected chi connectivity index (χ2v) is 9.91. The summed E-state index contributed by atoms with van der Waals surface area (Å²) in [7, 11) is -3.50. The van der Waals surface area contributed by atoms with Crippen LogP contribution in [0.5, 0.6) is 0 Å². The largest absolute Gasteiger partial charge is 0.417 e. The molecular weight excluding hydrogens is 447 g/mol. The summed E-state index contributed by atoms with van der Waals surface area (Å²) in [5.74, 6) is 0.315. The van der Waals surface area contributed by atoms with E-state index < -0.39 is 21.9 Å². The van der Waals surface area contributed by atoms with Gasteiger partial charge in [-0.2, -0.15) is 30.2 Å². The number of anilines is 1. The number of carbonyl (C=O) groups excluding carboxylic acids is 1. The number of hydrogen-bond acceptors (Lipinski definition) is 5. The molecule has 8 nitrogen and oxygen atoms in total. The highest BCUT2D eigenvalue weighted by atomic mass is 32.2. The molecule has 1 amide bonds. The fourth-order valence-electron chi connectivity index (χ4n) is 4.21. The lowest BCUT2D eigenvalue weighted by molar-refractivity contribution is -0.138. The summed E-state index contributed by atoms with van der Waals surface area (Å²) in [6, 6.07) is 2.38. The summed E-state index contributed by atoms with van der Waals surface area (Å²) in [6.45, 7) is 6.75. The molecule has 2 aliphatic heterocycles. The minimum absolute atomic E-state index is 0.0184. The monoisotopic (exact) mass is 477 g/mol. The van der Waals surface area contributed by atoms with E-state index in [0.29, 0.717) is 57.9 Å². The third kappa shape index (κ3) is 5.34. The zero-order valence-electron chi connectivity index (χ0n) is 18.4. The number of aromatic nitrogens is 1. The van der Waals surface area contributed by atoms with Crippen LogP contribution in [0.3, 0.4) is 0 Å². The normalized spacial score (nSPS) is 19.6. The van der Waals surface area contributed by atoms with Crippen LogP contribution < -0.4 is 4.90 Å². The molecule has 0 saturated carbocycles. The lowest BCUT2D eigenvalue weighted by atomic mass is 9.95. The van der Waals surface area contributed by atoms with Crippen molar-refractivity contribution in [3.05, 3.63) is 23.9 Å². The van der Waals surface area contributed by atoms with Crippen LogP contribution in [0.2, 0.25) is 0 Å². The molecule has 2 fully saturated rings. The van der Waals surface area contributed by atoms with Crippen LogP contribution in [0.1, 0.15) is 32.3 Å². The highest BCUT2D eigenvalue weighted by Gasteiger charge is 2.35. The fraction of sp³-hybridized carbons (Fsp3) is 0.700. The lowest BCUT2D eigenvalue weighted by Gasteiger charge is -2.39. The van der Waals surface area contributed by atoms with Gasteiger partial charge in [-0.1, -0.05) is 13.8 Å². The number of piperidine rings is 1. The van der Waals surface area contributed by atoms with Crippen LogP contribution in [0, 0.1) is 5.92 Å². The first-order valence-electron chi connectivity index (χ1n) is 10.9. The van der Waals surface area contributed by atoms with Gasteiger partial charge in [0.15, 0.2) is 0 Å². The van der Waals surface area contributed by atoms with E-state index in [4.69, 9.17) is 0 Å². The van der Waals surface area contributed by atoms with Gasteiger partial charge in [-0.3, -0.25) is 4.79 Å². The molecule has 0 N–H and O–H groups in total. The Morgan fingerprint density at radius 1 is 1.06 bits per heavy atom. The van der Waals surface area contributed by atoms with Crippen LogP contribution >= 0.6 is 0 Å². The van der Waals surface area contributed by atoms with Crippen molar-refractivity contribution < 1.29 is 26.4 Å². The lowest BCUT2D eigenvalue weighted by Crippen LogP contribution is -2.55. The third-order valence-corrected chi connectivity index (χ3v) is 8.34. The van der Waals surface area contributed by atoms with E-state index in [0.717, 1.165) is 12.3 Å². The zero-order chi connectivity index (χ0) is 23.5. The molecule has 0 atom stereocenters. The standard InChI is InChI=1S/C20H30F3N5O3S/c1-3-27(4-2)32(30,31)28-13-11-26(12-14-28)19(29)16-7-9-25(10-8-16)18-6-5-17(15-24-18)20(21,22)23/h5-6,15-16H,3-4,7-14H2,1-2H3. The van der Waals surface area contributed by atoms with Crippen molar-refractivity contribution in [1.29, 1.82) is 0 Å². The van der Waals surface area contributed by atoms with Crippen LogP contribution in [0.15, 0.2) is 18.3 Å². The summed E-state index contributed by atoms with van der Waals surface area (Å²) >= 11 is 0. The number of amides is 1. The maximum Gasteiger partial charge on any atom is 0.417 e. The second-order valence-electron chi connectivity index (χ2n) is 7.98. The molecule has 2 saturated heterocycles. The third-order valence-electron chi connectivity index (χ3n) is 6.15. The Morgan fingerprint density at radius 2 is 1.66 bits per heavy atom. The Morgan fingerprint density at radius 3 is 2.12 bits per heavy atom. The molecular formula is C20H30F3N5O3S. The quantitative estimate of drug-likeness (QED) is 0.627. The van der Waals surface area contributed by atoms with Crippen molar-refractivity contribution in [3.8, 4) is 0 Å². The van der Waals surface area contributed by atoms with Crippen molar-refractivity contribution in [1.82, 2.24) is 18.5 Å². The molecule has 0 unspecified atom stereocenters. The maximum atomic E-state index is 12.9.